The maximum Gasteiger partial charge on any atom is 0.263 e. The monoisotopic (exact) mass is 258 g/mol. The van der Waals surface area contributed by atoms with Crippen molar-refractivity contribution in [3.8, 4) is 6.07 Å². The number of amides is 1. The van der Waals surface area contributed by atoms with Gasteiger partial charge in [0.05, 0.1) is 4.24 Å². The summed E-state index contributed by atoms with van der Waals surface area (Å²) >= 11 is 3.10. The van der Waals surface area contributed by atoms with Crippen LogP contribution in [0.4, 0.5) is 0 Å². The van der Waals surface area contributed by atoms with E-state index in [0.717, 1.165) is 15.7 Å². The predicted molar refractivity (Wildman–Crippen MR) is 72.2 cm³/mol. The van der Waals surface area contributed by atoms with Crippen molar-refractivity contribution in [3.05, 3.63) is 9.81 Å². The summed E-state index contributed by atoms with van der Waals surface area (Å²) in [7, 11) is 0. The Morgan fingerprint density at radius 3 is 2.12 bits per heavy atom. The molecule has 0 aliphatic heterocycles. The summed E-state index contributed by atoms with van der Waals surface area (Å²) in [6.07, 6.45) is 0. The molecule has 0 atom stereocenters. The normalized spacial score (nSPS) is 9.75. The first-order valence-electron chi connectivity index (χ1n) is 5.27. The van der Waals surface area contributed by atoms with Crippen molar-refractivity contribution < 1.29 is 4.79 Å². The minimum absolute atomic E-state index is 0.0513. The molecule has 5 heteroatoms. The average molecular weight is 258 g/mol. The number of nitrogens with zero attached hydrogens (tertiary/aromatic N) is 1. The summed E-state index contributed by atoms with van der Waals surface area (Å²) in [6, 6.07) is 2.05. The van der Waals surface area contributed by atoms with Gasteiger partial charge >= 0.3 is 0 Å². The van der Waals surface area contributed by atoms with Gasteiger partial charge in [0.15, 0.2) is 0 Å². The van der Waals surface area contributed by atoms with E-state index in [1.807, 2.05) is 33.8 Å². The fourth-order valence-electron chi connectivity index (χ4n) is 0.972. The Morgan fingerprint density at radius 2 is 1.81 bits per heavy atom. The van der Waals surface area contributed by atoms with Crippen molar-refractivity contribution in [3.63, 3.8) is 0 Å². The van der Waals surface area contributed by atoms with E-state index >= 15 is 0 Å². The molecule has 0 aliphatic rings. The van der Waals surface area contributed by atoms with Crippen LogP contribution in [-0.2, 0) is 4.79 Å². The Hall–Kier alpha value is -0.600. The highest BCUT2D eigenvalue weighted by Gasteiger charge is 2.16. The summed E-state index contributed by atoms with van der Waals surface area (Å²) in [5.74, 6) is 1.46. The predicted octanol–water partition coefficient (Wildman–Crippen LogP) is 2.75. The highest BCUT2D eigenvalue weighted by molar-refractivity contribution is 8.22. The van der Waals surface area contributed by atoms with Crippen molar-refractivity contribution in [2.24, 2.45) is 0 Å². The molecule has 0 radical (unpaired) electrons. The van der Waals surface area contributed by atoms with Crippen molar-refractivity contribution in [1.29, 1.82) is 5.26 Å². The number of carbonyl (C=O) groups is 1. The molecule has 0 saturated heterocycles. The molecular formula is C11H18N2OS2. The molecule has 0 fully saturated rings. The molecule has 0 bridgehead atoms. The Morgan fingerprint density at radius 1 is 1.31 bits per heavy atom. The number of hydrogen-bond donors (Lipinski definition) is 1. The van der Waals surface area contributed by atoms with Gasteiger partial charge in [0.1, 0.15) is 11.6 Å². The topological polar surface area (TPSA) is 52.9 Å². The maximum atomic E-state index is 11.8. The maximum absolute atomic E-state index is 11.8. The van der Waals surface area contributed by atoms with Crippen molar-refractivity contribution in [2.75, 3.05) is 11.5 Å². The lowest BCUT2D eigenvalue weighted by atomic mass is 10.3. The van der Waals surface area contributed by atoms with E-state index in [1.54, 1.807) is 23.5 Å². The zero-order valence-electron chi connectivity index (χ0n) is 10.2. The molecule has 0 heterocycles. The molecule has 0 aromatic carbocycles. The van der Waals surface area contributed by atoms with E-state index in [0.29, 0.717) is 0 Å². The lowest BCUT2D eigenvalue weighted by Crippen LogP contribution is -2.31. The van der Waals surface area contributed by atoms with Crippen LogP contribution in [0, 0.1) is 11.3 Å². The van der Waals surface area contributed by atoms with Gasteiger partial charge in [-0.2, -0.15) is 5.26 Å². The minimum Gasteiger partial charge on any atom is -0.349 e. The van der Waals surface area contributed by atoms with Crippen LogP contribution in [0.25, 0.3) is 0 Å². The molecule has 0 aromatic rings. The van der Waals surface area contributed by atoms with Crippen LogP contribution in [0.5, 0.6) is 0 Å². The van der Waals surface area contributed by atoms with Crippen LogP contribution in [0.2, 0.25) is 0 Å². The first-order chi connectivity index (χ1) is 7.56. The number of thioether (sulfide) groups is 2. The molecule has 0 aromatic heterocycles. The molecule has 0 spiro atoms. The van der Waals surface area contributed by atoms with Gasteiger partial charge in [0.2, 0.25) is 0 Å². The Balaban J connectivity index is 4.93. The number of carbonyl (C=O) groups excluding carboxylic acids is 1. The minimum atomic E-state index is -0.269. The van der Waals surface area contributed by atoms with Crippen molar-refractivity contribution in [2.45, 2.75) is 33.7 Å². The van der Waals surface area contributed by atoms with Gasteiger partial charge in [-0.15, -0.1) is 23.5 Å². The molecule has 16 heavy (non-hydrogen) atoms. The van der Waals surface area contributed by atoms with Gasteiger partial charge < -0.3 is 5.32 Å². The third-order valence-electron chi connectivity index (χ3n) is 1.51. The Bertz CT molecular complexity index is 298. The van der Waals surface area contributed by atoms with Gasteiger partial charge in [0, 0.05) is 6.04 Å². The number of nitriles is 1. The zero-order chi connectivity index (χ0) is 12.6. The van der Waals surface area contributed by atoms with Crippen LogP contribution >= 0.6 is 23.5 Å². The van der Waals surface area contributed by atoms with Crippen LogP contribution < -0.4 is 5.32 Å². The van der Waals surface area contributed by atoms with Crippen LogP contribution in [0.1, 0.15) is 27.7 Å². The lowest BCUT2D eigenvalue weighted by molar-refractivity contribution is -0.117. The summed E-state index contributed by atoms with van der Waals surface area (Å²) in [4.78, 5) is 11.8. The Kier molecular flexibility index (Phi) is 8.22. The molecule has 0 saturated carbocycles. The van der Waals surface area contributed by atoms with Gasteiger partial charge in [-0.05, 0) is 25.4 Å². The molecule has 0 unspecified atom stereocenters. The first-order valence-corrected chi connectivity index (χ1v) is 7.24. The van der Waals surface area contributed by atoms with E-state index in [-0.39, 0.29) is 17.5 Å². The number of rotatable bonds is 6. The van der Waals surface area contributed by atoms with E-state index in [9.17, 15) is 4.79 Å². The SMILES string of the molecule is CCSC(SCC)=C(C#N)C(=O)NC(C)C. The van der Waals surface area contributed by atoms with Crippen molar-refractivity contribution in [1.82, 2.24) is 5.32 Å². The van der Waals surface area contributed by atoms with Gasteiger partial charge in [0.25, 0.3) is 5.91 Å². The summed E-state index contributed by atoms with van der Waals surface area (Å²) in [6.45, 7) is 7.78. The molecule has 90 valence electrons. The average Bonchev–Trinajstić information content (AvgIpc) is 2.18. The second kappa shape index (κ2) is 8.54. The van der Waals surface area contributed by atoms with Crippen LogP contribution in [-0.4, -0.2) is 23.5 Å². The van der Waals surface area contributed by atoms with E-state index in [4.69, 9.17) is 5.26 Å². The Labute approximate surface area is 106 Å². The number of nitrogens with one attached hydrogen (secondary N) is 1. The van der Waals surface area contributed by atoms with Gasteiger partial charge in [-0.1, -0.05) is 13.8 Å². The van der Waals surface area contributed by atoms with E-state index < -0.39 is 0 Å². The zero-order valence-corrected chi connectivity index (χ0v) is 11.8. The smallest absolute Gasteiger partial charge is 0.263 e. The quantitative estimate of drug-likeness (QED) is 0.588. The second-order valence-electron chi connectivity index (χ2n) is 3.27. The van der Waals surface area contributed by atoms with Gasteiger partial charge in [-0.25, -0.2) is 0 Å². The molecule has 0 aliphatic carbocycles. The van der Waals surface area contributed by atoms with Crippen LogP contribution in [0.15, 0.2) is 9.81 Å². The summed E-state index contributed by atoms with van der Waals surface area (Å²) in [5.41, 5.74) is 0.243. The third kappa shape index (κ3) is 5.47. The van der Waals surface area contributed by atoms with Crippen molar-refractivity contribution >= 4 is 29.4 Å². The van der Waals surface area contributed by atoms with E-state index in [2.05, 4.69) is 5.32 Å². The number of hydrogen-bond acceptors (Lipinski definition) is 4. The molecule has 1 amide bonds. The largest absolute Gasteiger partial charge is 0.349 e. The molecule has 3 nitrogen and oxygen atoms in total. The first kappa shape index (κ1) is 15.4. The summed E-state index contributed by atoms with van der Waals surface area (Å²) < 4.78 is 0.825. The van der Waals surface area contributed by atoms with Gasteiger partial charge in [-0.3, -0.25) is 4.79 Å². The highest BCUT2D eigenvalue weighted by Crippen LogP contribution is 2.31. The van der Waals surface area contributed by atoms with Crippen LogP contribution in [0.3, 0.4) is 0 Å². The molecule has 0 rings (SSSR count). The fraction of sp³-hybridized carbons (Fsp3) is 0.636. The van der Waals surface area contributed by atoms with E-state index in [1.165, 1.54) is 0 Å². The fourth-order valence-corrected chi connectivity index (χ4v) is 3.10. The highest BCUT2D eigenvalue weighted by atomic mass is 32.2. The summed E-state index contributed by atoms with van der Waals surface area (Å²) in [5, 5.41) is 11.8. The molecule has 1 N–H and O–H groups in total. The second-order valence-corrected chi connectivity index (χ2v) is 6.08. The standard InChI is InChI=1S/C11H18N2OS2/c1-5-15-11(16-6-2)9(7-12)10(14)13-8(3)4/h8H,5-6H2,1-4H3,(H,13,14). The molecular weight excluding hydrogens is 240 g/mol. The third-order valence-corrected chi connectivity index (χ3v) is 3.73. The lowest BCUT2D eigenvalue weighted by Gasteiger charge is -2.10.